The lowest BCUT2D eigenvalue weighted by Gasteiger charge is -2.14. The van der Waals surface area contributed by atoms with Crippen molar-refractivity contribution in [2.45, 2.75) is 19.4 Å². The molecule has 2 aromatic carbocycles. The minimum Gasteiger partial charge on any atom is -0.354 e. The van der Waals surface area contributed by atoms with Gasteiger partial charge in [0.25, 0.3) is 0 Å². The van der Waals surface area contributed by atoms with Crippen LogP contribution in [0, 0.1) is 0 Å². The topological polar surface area (TPSA) is 46.9 Å². The van der Waals surface area contributed by atoms with Crippen molar-refractivity contribution in [2.75, 3.05) is 6.54 Å². The van der Waals surface area contributed by atoms with Crippen molar-refractivity contribution < 1.29 is 4.79 Å². The second-order valence-electron chi connectivity index (χ2n) is 7.04. The molecule has 1 amide bonds. The predicted octanol–water partition coefficient (Wildman–Crippen LogP) is 5.20. The SMILES string of the molecule is CC(CNC(=O)Cn1cccc1-c1nc(-c2ccccc2)cs1)c1ccccc1. The van der Waals surface area contributed by atoms with E-state index in [2.05, 4.69) is 41.9 Å². The molecule has 0 fully saturated rings. The summed E-state index contributed by atoms with van der Waals surface area (Å²) < 4.78 is 1.95. The Kier molecular flexibility index (Phi) is 5.86. The zero-order valence-electron chi connectivity index (χ0n) is 16.3. The van der Waals surface area contributed by atoms with Crippen LogP contribution in [0.4, 0.5) is 0 Å². The lowest BCUT2D eigenvalue weighted by molar-refractivity contribution is -0.121. The van der Waals surface area contributed by atoms with Gasteiger partial charge in [-0.05, 0) is 23.6 Å². The van der Waals surface area contributed by atoms with Gasteiger partial charge in [0, 0.05) is 23.7 Å². The van der Waals surface area contributed by atoms with Crippen LogP contribution in [-0.4, -0.2) is 22.0 Å². The van der Waals surface area contributed by atoms with E-state index in [9.17, 15) is 4.79 Å². The molecule has 4 nitrogen and oxygen atoms in total. The van der Waals surface area contributed by atoms with Crippen LogP contribution in [0.25, 0.3) is 22.0 Å². The van der Waals surface area contributed by atoms with E-state index in [1.165, 1.54) is 5.56 Å². The van der Waals surface area contributed by atoms with Crippen LogP contribution in [0.5, 0.6) is 0 Å². The molecule has 0 aliphatic heterocycles. The number of nitrogens with zero attached hydrogens (tertiary/aromatic N) is 2. The number of hydrogen-bond acceptors (Lipinski definition) is 3. The van der Waals surface area contributed by atoms with Gasteiger partial charge in [-0.25, -0.2) is 4.98 Å². The number of thiazole rings is 1. The smallest absolute Gasteiger partial charge is 0.239 e. The van der Waals surface area contributed by atoms with Gasteiger partial charge in [-0.1, -0.05) is 67.6 Å². The number of carbonyl (C=O) groups is 1. The summed E-state index contributed by atoms with van der Waals surface area (Å²) in [6.45, 7) is 3.02. The molecule has 5 heteroatoms. The van der Waals surface area contributed by atoms with Gasteiger partial charge in [-0.15, -0.1) is 11.3 Å². The average Bonchev–Trinajstić information content (AvgIpc) is 3.43. The number of aromatic nitrogens is 2. The Morgan fingerprint density at radius 1 is 1.03 bits per heavy atom. The molecule has 146 valence electrons. The fraction of sp³-hybridized carbons (Fsp3) is 0.167. The van der Waals surface area contributed by atoms with Crippen LogP contribution < -0.4 is 5.32 Å². The second-order valence-corrected chi connectivity index (χ2v) is 7.90. The van der Waals surface area contributed by atoms with E-state index in [4.69, 9.17) is 4.98 Å². The number of carbonyl (C=O) groups excluding carboxylic acids is 1. The summed E-state index contributed by atoms with van der Waals surface area (Å²) in [6, 6.07) is 24.3. The molecule has 4 aromatic rings. The first-order chi connectivity index (χ1) is 14.2. The number of benzene rings is 2. The van der Waals surface area contributed by atoms with Crippen molar-refractivity contribution in [3.05, 3.63) is 89.9 Å². The second kappa shape index (κ2) is 8.88. The van der Waals surface area contributed by atoms with E-state index in [0.29, 0.717) is 6.54 Å². The molecule has 29 heavy (non-hydrogen) atoms. The van der Waals surface area contributed by atoms with E-state index in [1.807, 2.05) is 59.3 Å². The Bertz CT molecular complexity index is 1070. The summed E-state index contributed by atoms with van der Waals surface area (Å²) in [5.74, 6) is 0.279. The van der Waals surface area contributed by atoms with Gasteiger partial charge < -0.3 is 9.88 Å². The molecular weight excluding hydrogens is 378 g/mol. The van der Waals surface area contributed by atoms with Gasteiger partial charge in [-0.3, -0.25) is 4.79 Å². The minimum atomic E-state index is 0.00469. The summed E-state index contributed by atoms with van der Waals surface area (Å²) in [7, 11) is 0. The van der Waals surface area contributed by atoms with Gasteiger partial charge >= 0.3 is 0 Å². The van der Waals surface area contributed by atoms with Crippen LogP contribution in [0.2, 0.25) is 0 Å². The maximum atomic E-state index is 12.5. The van der Waals surface area contributed by atoms with Gasteiger partial charge in [0.15, 0.2) is 0 Å². The molecule has 0 aliphatic rings. The van der Waals surface area contributed by atoms with E-state index in [0.717, 1.165) is 22.0 Å². The number of hydrogen-bond donors (Lipinski definition) is 1. The van der Waals surface area contributed by atoms with Crippen molar-refractivity contribution in [3.8, 4) is 22.0 Å². The highest BCUT2D eigenvalue weighted by Gasteiger charge is 2.13. The van der Waals surface area contributed by atoms with Crippen LogP contribution in [0.15, 0.2) is 84.4 Å². The summed E-state index contributed by atoms with van der Waals surface area (Å²) >= 11 is 1.60. The highest BCUT2D eigenvalue weighted by Crippen LogP contribution is 2.29. The Labute approximate surface area is 174 Å². The van der Waals surface area contributed by atoms with E-state index < -0.39 is 0 Å². The van der Waals surface area contributed by atoms with E-state index in [1.54, 1.807) is 11.3 Å². The minimum absolute atomic E-state index is 0.00469. The van der Waals surface area contributed by atoms with Crippen molar-refractivity contribution in [2.24, 2.45) is 0 Å². The maximum absolute atomic E-state index is 12.5. The molecule has 2 heterocycles. The summed E-state index contributed by atoms with van der Waals surface area (Å²) in [5, 5.41) is 6.03. The average molecular weight is 402 g/mol. The molecule has 0 radical (unpaired) electrons. The molecule has 1 atom stereocenters. The van der Waals surface area contributed by atoms with Gasteiger partial charge in [0.05, 0.1) is 11.4 Å². The molecule has 4 rings (SSSR count). The first kappa shape index (κ1) is 19.2. The molecular formula is C24H23N3OS. The largest absolute Gasteiger partial charge is 0.354 e. The third-order valence-corrected chi connectivity index (χ3v) is 5.78. The number of rotatable bonds is 7. The van der Waals surface area contributed by atoms with Crippen molar-refractivity contribution in [1.29, 1.82) is 0 Å². The fourth-order valence-electron chi connectivity index (χ4n) is 3.26. The molecule has 0 aliphatic carbocycles. The molecule has 0 bridgehead atoms. The van der Waals surface area contributed by atoms with Crippen molar-refractivity contribution in [1.82, 2.24) is 14.9 Å². The lowest BCUT2D eigenvalue weighted by atomic mass is 10.0. The van der Waals surface area contributed by atoms with E-state index >= 15 is 0 Å². The molecule has 1 N–H and O–H groups in total. The predicted molar refractivity (Wildman–Crippen MR) is 119 cm³/mol. The fourth-order valence-corrected chi connectivity index (χ4v) is 4.13. The molecule has 0 saturated carbocycles. The molecule has 1 unspecified atom stereocenters. The van der Waals surface area contributed by atoms with Crippen LogP contribution in [0.1, 0.15) is 18.4 Å². The quantitative estimate of drug-likeness (QED) is 0.463. The summed E-state index contributed by atoms with van der Waals surface area (Å²) in [4.78, 5) is 17.3. The Hall–Kier alpha value is -3.18. The third kappa shape index (κ3) is 4.63. The highest BCUT2D eigenvalue weighted by atomic mass is 32.1. The van der Waals surface area contributed by atoms with Gasteiger partial charge in [0.1, 0.15) is 11.6 Å². The molecule has 0 saturated heterocycles. The van der Waals surface area contributed by atoms with Gasteiger partial charge in [-0.2, -0.15) is 0 Å². The summed E-state index contributed by atoms with van der Waals surface area (Å²) in [6.07, 6.45) is 1.93. The Morgan fingerprint density at radius 3 is 2.52 bits per heavy atom. The Balaban J connectivity index is 1.41. The Morgan fingerprint density at radius 2 is 1.76 bits per heavy atom. The first-order valence-corrected chi connectivity index (χ1v) is 10.6. The number of nitrogens with one attached hydrogen (secondary N) is 1. The number of amides is 1. The monoisotopic (exact) mass is 401 g/mol. The van der Waals surface area contributed by atoms with Crippen LogP contribution in [-0.2, 0) is 11.3 Å². The molecule has 0 spiro atoms. The molecule has 2 aromatic heterocycles. The van der Waals surface area contributed by atoms with Crippen LogP contribution >= 0.6 is 11.3 Å². The zero-order chi connectivity index (χ0) is 20.1. The maximum Gasteiger partial charge on any atom is 0.239 e. The van der Waals surface area contributed by atoms with Crippen molar-refractivity contribution in [3.63, 3.8) is 0 Å². The summed E-state index contributed by atoms with van der Waals surface area (Å²) in [5.41, 5.74) is 4.24. The third-order valence-electron chi connectivity index (χ3n) is 4.91. The van der Waals surface area contributed by atoms with E-state index in [-0.39, 0.29) is 18.4 Å². The van der Waals surface area contributed by atoms with Crippen molar-refractivity contribution >= 4 is 17.2 Å². The standard InChI is InChI=1S/C24H23N3OS/c1-18(19-9-4-2-5-10-19)15-25-23(28)16-27-14-8-13-22(27)24-26-21(17-29-24)20-11-6-3-7-12-20/h2-14,17-18H,15-16H2,1H3,(H,25,28). The normalized spacial score (nSPS) is 11.9. The highest BCUT2D eigenvalue weighted by molar-refractivity contribution is 7.13. The van der Waals surface area contributed by atoms with Crippen LogP contribution in [0.3, 0.4) is 0 Å². The first-order valence-electron chi connectivity index (χ1n) is 9.69. The van der Waals surface area contributed by atoms with Gasteiger partial charge in [0.2, 0.25) is 5.91 Å². The zero-order valence-corrected chi connectivity index (χ0v) is 17.1. The lowest BCUT2D eigenvalue weighted by Crippen LogP contribution is -2.30.